The van der Waals surface area contributed by atoms with Crippen LogP contribution in [0.5, 0.6) is 11.6 Å². The summed E-state index contributed by atoms with van der Waals surface area (Å²) in [5.41, 5.74) is 4.25. The molecule has 0 fully saturated rings. The van der Waals surface area contributed by atoms with Gasteiger partial charge in [0.15, 0.2) is 0 Å². The third kappa shape index (κ3) is 2.92. The first-order valence-corrected chi connectivity index (χ1v) is 8.96. The number of hydrogen-bond acceptors (Lipinski definition) is 6. The van der Waals surface area contributed by atoms with Gasteiger partial charge in [0.25, 0.3) is 0 Å². The smallest absolute Gasteiger partial charge is 0.221 e. The molecule has 4 aromatic rings. The highest BCUT2D eigenvalue weighted by atomic mass is 16.5. The minimum absolute atomic E-state index is 0.537. The lowest BCUT2D eigenvalue weighted by Crippen LogP contribution is -2.23. The molecule has 7 heteroatoms. The zero-order chi connectivity index (χ0) is 18.9. The van der Waals surface area contributed by atoms with Crippen molar-refractivity contribution in [1.82, 2.24) is 20.0 Å². The molecule has 0 bridgehead atoms. The van der Waals surface area contributed by atoms with E-state index in [9.17, 15) is 0 Å². The fourth-order valence-corrected chi connectivity index (χ4v) is 3.36. The maximum Gasteiger partial charge on any atom is 0.221 e. The largest absolute Gasteiger partial charge is 0.439 e. The Labute approximate surface area is 162 Å². The molecule has 5 rings (SSSR count). The van der Waals surface area contributed by atoms with Crippen molar-refractivity contribution >= 4 is 17.1 Å². The van der Waals surface area contributed by atoms with Gasteiger partial charge in [-0.05, 0) is 30.3 Å². The number of fused-ring (bicyclic) bond motifs is 1. The number of nitrogens with zero attached hydrogens (tertiary/aromatic N) is 6. The van der Waals surface area contributed by atoms with Gasteiger partial charge >= 0.3 is 0 Å². The number of anilines is 3. The molecule has 0 spiro atoms. The van der Waals surface area contributed by atoms with E-state index in [2.05, 4.69) is 56.3 Å². The van der Waals surface area contributed by atoms with E-state index in [1.165, 1.54) is 11.4 Å². The zero-order valence-electron chi connectivity index (χ0n) is 15.3. The second kappa shape index (κ2) is 6.70. The van der Waals surface area contributed by atoms with E-state index >= 15 is 0 Å². The van der Waals surface area contributed by atoms with E-state index in [0.717, 1.165) is 18.0 Å². The summed E-state index contributed by atoms with van der Waals surface area (Å²) in [6.07, 6.45) is 5.05. The summed E-state index contributed by atoms with van der Waals surface area (Å²) in [6.45, 7) is 0.781. The van der Waals surface area contributed by atoms with E-state index in [0.29, 0.717) is 11.6 Å². The topological polar surface area (TPSA) is 59.3 Å². The van der Waals surface area contributed by atoms with Crippen LogP contribution in [0.1, 0.15) is 0 Å². The molecule has 0 N–H and O–H groups in total. The fourth-order valence-electron chi connectivity index (χ4n) is 3.36. The molecule has 0 aliphatic carbocycles. The molecule has 2 aromatic heterocycles. The number of aromatic nitrogens is 4. The Morgan fingerprint density at radius 3 is 2.50 bits per heavy atom. The Kier molecular flexibility index (Phi) is 3.90. The molecule has 0 atom stereocenters. The number of ether oxygens (including phenoxy) is 1. The number of hydrogen-bond donors (Lipinski definition) is 0. The predicted octanol–water partition coefficient (Wildman–Crippen LogP) is 4.00. The SMILES string of the molecule is CN1CN(c2ccnc(Oc3cccc(-n4nccn4)c3)c2)c2ccccc21. The summed E-state index contributed by atoms with van der Waals surface area (Å²) in [5, 5.41) is 8.31. The van der Waals surface area contributed by atoms with E-state index in [1.807, 2.05) is 36.4 Å². The second-order valence-electron chi connectivity index (χ2n) is 6.53. The Balaban J connectivity index is 1.42. The van der Waals surface area contributed by atoms with Gasteiger partial charge in [0.05, 0.1) is 36.1 Å². The van der Waals surface area contributed by atoms with Crippen molar-refractivity contribution in [1.29, 1.82) is 0 Å². The fraction of sp³-hybridized carbons (Fsp3) is 0.0952. The monoisotopic (exact) mass is 370 g/mol. The van der Waals surface area contributed by atoms with Gasteiger partial charge < -0.3 is 14.5 Å². The average Bonchev–Trinajstić information content (AvgIpc) is 3.38. The molecule has 138 valence electrons. The van der Waals surface area contributed by atoms with E-state index in [4.69, 9.17) is 4.74 Å². The van der Waals surface area contributed by atoms with Crippen LogP contribution in [-0.2, 0) is 0 Å². The lowest BCUT2D eigenvalue weighted by molar-refractivity contribution is 0.462. The molecule has 0 saturated carbocycles. The van der Waals surface area contributed by atoms with Gasteiger partial charge in [-0.25, -0.2) is 4.98 Å². The maximum absolute atomic E-state index is 6.01. The van der Waals surface area contributed by atoms with Crippen LogP contribution in [0.15, 0.2) is 79.3 Å². The van der Waals surface area contributed by atoms with Crippen LogP contribution in [0.3, 0.4) is 0 Å². The molecular weight excluding hydrogens is 352 g/mol. The zero-order valence-corrected chi connectivity index (χ0v) is 15.3. The molecule has 0 amide bonds. The highest BCUT2D eigenvalue weighted by Crippen LogP contribution is 2.40. The van der Waals surface area contributed by atoms with E-state index in [-0.39, 0.29) is 0 Å². The van der Waals surface area contributed by atoms with Crippen molar-refractivity contribution in [3.63, 3.8) is 0 Å². The summed E-state index contributed by atoms with van der Waals surface area (Å²) in [6, 6.07) is 19.9. The Morgan fingerprint density at radius 2 is 1.64 bits per heavy atom. The first kappa shape index (κ1) is 16.3. The molecule has 0 radical (unpaired) electrons. The summed E-state index contributed by atoms with van der Waals surface area (Å²) < 4.78 is 6.01. The van der Waals surface area contributed by atoms with Gasteiger partial charge in [0.1, 0.15) is 5.75 Å². The highest BCUT2D eigenvalue weighted by molar-refractivity contribution is 5.82. The minimum Gasteiger partial charge on any atom is -0.439 e. The molecule has 0 saturated heterocycles. The quantitative estimate of drug-likeness (QED) is 0.541. The number of benzene rings is 2. The van der Waals surface area contributed by atoms with E-state index < -0.39 is 0 Å². The van der Waals surface area contributed by atoms with E-state index in [1.54, 1.807) is 23.4 Å². The maximum atomic E-state index is 6.01. The third-order valence-electron chi connectivity index (χ3n) is 4.66. The van der Waals surface area contributed by atoms with Crippen LogP contribution < -0.4 is 14.5 Å². The van der Waals surface area contributed by atoms with Crippen LogP contribution in [0.4, 0.5) is 17.1 Å². The number of pyridine rings is 1. The van der Waals surface area contributed by atoms with Crippen molar-refractivity contribution in [2.75, 3.05) is 23.5 Å². The summed E-state index contributed by atoms with van der Waals surface area (Å²) in [4.78, 5) is 10.4. The van der Waals surface area contributed by atoms with Gasteiger partial charge in [0, 0.05) is 31.1 Å². The van der Waals surface area contributed by atoms with Crippen molar-refractivity contribution in [3.05, 3.63) is 79.3 Å². The van der Waals surface area contributed by atoms with Gasteiger partial charge in [-0.1, -0.05) is 18.2 Å². The molecule has 1 aliphatic rings. The normalized spacial score (nSPS) is 12.9. The molecule has 0 unspecified atom stereocenters. The molecule has 3 heterocycles. The molecular formula is C21H18N6O. The molecule has 7 nitrogen and oxygen atoms in total. The van der Waals surface area contributed by atoms with Crippen LogP contribution in [0.25, 0.3) is 5.69 Å². The van der Waals surface area contributed by atoms with Crippen LogP contribution in [-0.4, -0.2) is 33.7 Å². The molecule has 28 heavy (non-hydrogen) atoms. The molecule has 2 aromatic carbocycles. The lowest BCUT2D eigenvalue weighted by Gasteiger charge is -2.19. The van der Waals surface area contributed by atoms with Gasteiger partial charge in [-0.15, -0.1) is 0 Å². The third-order valence-corrected chi connectivity index (χ3v) is 4.66. The van der Waals surface area contributed by atoms with Crippen LogP contribution >= 0.6 is 0 Å². The predicted molar refractivity (Wildman–Crippen MR) is 108 cm³/mol. The minimum atomic E-state index is 0.537. The van der Waals surface area contributed by atoms with Crippen LogP contribution in [0.2, 0.25) is 0 Å². The van der Waals surface area contributed by atoms with Crippen LogP contribution in [0, 0.1) is 0 Å². The second-order valence-corrected chi connectivity index (χ2v) is 6.53. The Bertz CT molecular complexity index is 1110. The summed E-state index contributed by atoms with van der Waals surface area (Å²) >= 11 is 0. The first-order valence-electron chi connectivity index (χ1n) is 8.96. The van der Waals surface area contributed by atoms with Crippen molar-refractivity contribution in [3.8, 4) is 17.3 Å². The van der Waals surface area contributed by atoms with Gasteiger partial charge in [-0.2, -0.15) is 15.0 Å². The number of para-hydroxylation sites is 2. The highest BCUT2D eigenvalue weighted by Gasteiger charge is 2.24. The van der Waals surface area contributed by atoms with Gasteiger partial charge in [-0.3, -0.25) is 0 Å². The lowest BCUT2D eigenvalue weighted by atomic mass is 10.2. The van der Waals surface area contributed by atoms with Gasteiger partial charge in [0.2, 0.25) is 5.88 Å². The number of rotatable bonds is 4. The molecule has 1 aliphatic heterocycles. The van der Waals surface area contributed by atoms with Crippen molar-refractivity contribution in [2.45, 2.75) is 0 Å². The standard InChI is InChI=1S/C21H18N6O/c1-25-15-26(20-8-3-2-7-19(20)25)16-9-10-22-21(14-16)28-18-6-4-5-17(13-18)27-23-11-12-24-27/h2-14H,15H2,1H3. The first-order chi connectivity index (χ1) is 13.8. The summed E-state index contributed by atoms with van der Waals surface area (Å²) in [7, 11) is 2.09. The Morgan fingerprint density at radius 1 is 0.821 bits per heavy atom. The van der Waals surface area contributed by atoms with Crippen molar-refractivity contribution in [2.24, 2.45) is 0 Å². The summed E-state index contributed by atoms with van der Waals surface area (Å²) in [5.74, 6) is 1.22. The Hall–Kier alpha value is -3.87. The average molecular weight is 370 g/mol. The van der Waals surface area contributed by atoms with Crippen molar-refractivity contribution < 1.29 is 4.74 Å².